The summed E-state index contributed by atoms with van der Waals surface area (Å²) < 4.78 is 0. The summed E-state index contributed by atoms with van der Waals surface area (Å²) in [5, 5.41) is 3.03. The number of nitrogens with zero attached hydrogens (tertiary/aromatic N) is 2. The van der Waals surface area contributed by atoms with Gasteiger partial charge < -0.3 is 10.2 Å². The van der Waals surface area contributed by atoms with Gasteiger partial charge in [-0.25, -0.2) is 0 Å². The van der Waals surface area contributed by atoms with Crippen molar-refractivity contribution in [1.82, 2.24) is 15.2 Å². The van der Waals surface area contributed by atoms with Crippen LogP contribution < -0.4 is 5.32 Å². The smallest absolute Gasteiger partial charge is 0.236 e. The number of nitrogens with one attached hydrogen (secondary N) is 1. The van der Waals surface area contributed by atoms with Gasteiger partial charge in [0.2, 0.25) is 5.91 Å². The number of hydrogen-bond acceptors (Lipinski definition) is 3. The quantitative estimate of drug-likeness (QED) is 0.746. The van der Waals surface area contributed by atoms with E-state index in [1.54, 1.807) is 25.2 Å². The molecule has 0 fully saturated rings. The van der Waals surface area contributed by atoms with Crippen molar-refractivity contribution >= 4 is 5.91 Å². The van der Waals surface area contributed by atoms with E-state index >= 15 is 0 Å². The van der Waals surface area contributed by atoms with Crippen LogP contribution in [0.3, 0.4) is 0 Å². The normalized spacial score (nSPS) is 9.86. The minimum atomic E-state index is 0.0703. The van der Waals surface area contributed by atoms with Gasteiger partial charge in [-0.3, -0.25) is 9.78 Å². The molecular formula is C10H15N3O. The average molecular weight is 193 g/mol. The van der Waals surface area contributed by atoms with Gasteiger partial charge in [0.1, 0.15) is 0 Å². The molecule has 0 bridgehead atoms. The summed E-state index contributed by atoms with van der Waals surface area (Å²) in [7, 11) is 3.48. The van der Waals surface area contributed by atoms with Crippen LogP contribution in [0.25, 0.3) is 0 Å². The molecule has 0 atom stereocenters. The van der Waals surface area contributed by atoms with E-state index in [1.807, 2.05) is 18.2 Å². The summed E-state index contributed by atoms with van der Waals surface area (Å²) in [5.74, 6) is 0.0703. The Morgan fingerprint density at radius 2 is 2.29 bits per heavy atom. The standard InChI is InChI=1S/C10H15N3O/c1-13(2)10(14)8-11-7-9-5-3-4-6-12-9/h3-6,11H,7-8H2,1-2H3. The lowest BCUT2D eigenvalue weighted by atomic mass is 10.3. The van der Waals surface area contributed by atoms with Crippen molar-refractivity contribution in [2.75, 3.05) is 20.6 Å². The fourth-order valence-corrected chi connectivity index (χ4v) is 0.958. The minimum absolute atomic E-state index is 0.0703. The van der Waals surface area contributed by atoms with E-state index in [4.69, 9.17) is 0 Å². The zero-order valence-corrected chi connectivity index (χ0v) is 8.53. The maximum Gasteiger partial charge on any atom is 0.236 e. The first-order valence-electron chi connectivity index (χ1n) is 4.51. The third kappa shape index (κ3) is 3.53. The van der Waals surface area contributed by atoms with E-state index in [0.29, 0.717) is 13.1 Å². The SMILES string of the molecule is CN(C)C(=O)CNCc1ccccn1. The first-order valence-corrected chi connectivity index (χ1v) is 4.51. The molecule has 0 saturated heterocycles. The van der Waals surface area contributed by atoms with Crippen LogP contribution in [0, 0.1) is 0 Å². The molecule has 0 aliphatic carbocycles. The van der Waals surface area contributed by atoms with E-state index < -0.39 is 0 Å². The monoisotopic (exact) mass is 193 g/mol. The largest absolute Gasteiger partial charge is 0.348 e. The van der Waals surface area contributed by atoms with Gasteiger partial charge in [0.05, 0.1) is 12.2 Å². The van der Waals surface area contributed by atoms with Crippen LogP contribution in [0.4, 0.5) is 0 Å². The molecule has 0 aromatic carbocycles. The molecule has 0 radical (unpaired) electrons. The van der Waals surface area contributed by atoms with E-state index in [1.165, 1.54) is 0 Å². The second-order valence-corrected chi connectivity index (χ2v) is 3.21. The summed E-state index contributed by atoms with van der Waals surface area (Å²) in [4.78, 5) is 16.9. The molecule has 1 rings (SSSR count). The lowest BCUT2D eigenvalue weighted by Crippen LogP contribution is -2.32. The van der Waals surface area contributed by atoms with Gasteiger partial charge in [-0.15, -0.1) is 0 Å². The Balaban J connectivity index is 2.26. The topological polar surface area (TPSA) is 45.2 Å². The van der Waals surface area contributed by atoms with Crippen molar-refractivity contribution in [1.29, 1.82) is 0 Å². The fraction of sp³-hybridized carbons (Fsp3) is 0.400. The van der Waals surface area contributed by atoms with E-state index in [-0.39, 0.29) is 5.91 Å². The Labute approximate surface area is 83.9 Å². The predicted molar refractivity (Wildman–Crippen MR) is 54.6 cm³/mol. The summed E-state index contributed by atoms with van der Waals surface area (Å²) in [6.45, 7) is 0.976. The molecule has 1 aromatic rings. The highest BCUT2D eigenvalue weighted by molar-refractivity contribution is 5.77. The van der Waals surface area contributed by atoms with E-state index in [0.717, 1.165) is 5.69 Å². The molecule has 1 amide bonds. The maximum absolute atomic E-state index is 11.2. The third-order valence-corrected chi connectivity index (χ3v) is 1.81. The van der Waals surface area contributed by atoms with Gasteiger partial charge in [0.15, 0.2) is 0 Å². The van der Waals surface area contributed by atoms with Gasteiger partial charge in [0, 0.05) is 26.8 Å². The Morgan fingerprint density at radius 1 is 1.50 bits per heavy atom. The van der Waals surface area contributed by atoms with Gasteiger partial charge in [-0.2, -0.15) is 0 Å². The Hall–Kier alpha value is -1.42. The number of aromatic nitrogens is 1. The molecule has 1 N–H and O–H groups in total. The van der Waals surface area contributed by atoms with Crippen LogP contribution >= 0.6 is 0 Å². The number of hydrogen-bond donors (Lipinski definition) is 1. The number of pyridine rings is 1. The van der Waals surface area contributed by atoms with Gasteiger partial charge in [-0.05, 0) is 12.1 Å². The molecule has 1 aromatic heterocycles. The lowest BCUT2D eigenvalue weighted by molar-refractivity contribution is -0.127. The Morgan fingerprint density at radius 3 is 2.86 bits per heavy atom. The van der Waals surface area contributed by atoms with Crippen LogP contribution in [0.5, 0.6) is 0 Å². The van der Waals surface area contributed by atoms with E-state index in [2.05, 4.69) is 10.3 Å². The first-order chi connectivity index (χ1) is 6.70. The summed E-state index contributed by atoms with van der Waals surface area (Å²) in [5.41, 5.74) is 0.944. The molecule has 0 spiro atoms. The molecule has 0 aliphatic heterocycles. The van der Waals surface area contributed by atoms with Gasteiger partial charge >= 0.3 is 0 Å². The van der Waals surface area contributed by atoms with Crippen molar-refractivity contribution in [3.63, 3.8) is 0 Å². The molecule has 0 unspecified atom stereocenters. The summed E-state index contributed by atoms with van der Waals surface area (Å²) >= 11 is 0. The number of likely N-dealkylation sites (N-methyl/N-ethyl adjacent to an activating group) is 1. The Bertz CT molecular complexity index is 285. The highest BCUT2D eigenvalue weighted by Crippen LogP contribution is 1.91. The molecular weight excluding hydrogens is 178 g/mol. The molecule has 14 heavy (non-hydrogen) atoms. The van der Waals surface area contributed by atoms with Crippen LogP contribution in [-0.4, -0.2) is 36.4 Å². The van der Waals surface area contributed by atoms with Crippen LogP contribution in [0.1, 0.15) is 5.69 Å². The van der Waals surface area contributed by atoms with Crippen molar-refractivity contribution in [3.05, 3.63) is 30.1 Å². The second kappa shape index (κ2) is 5.34. The fourth-order valence-electron chi connectivity index (χ4n) is 0.958. The van der Waals surface area contributed by atoms with E-state index in [9.17, 15) is 4.79 Å². The van der Waals surface area contributed by atoms with Crippen LogP contribution in [0.2, 0.25) is 0 Å². The Kier molecular flexibility index (Phi) is 4.07. The van der Waals surface area contributed by atoms with Crippen molar-refractivity contribution in [3.8, 4) is 0 Å². The highest BCUT2D eigenvalue weighted by Gasteiger charge is 2.02. The highest BCUT2D eigenvalue weighted by atomic mass is 16.2. The number of carbonyl (C=O) groups is 1. The molecule has 4 heteroatoms. The minimum Gasteiger partial charge on any atom is -0.348 e. The molecule has 1 heterocycles. The van der Waals surface area contributed by atoms with Crippen molar-refractivity contribution in [2.24, 2.45) is 0 Å². The van der Waals surface area contributed by atoms with Crippen LogP contribution in [0.15, 0.2) is 24.4 Å². The van der Waals surface area contributed by atoms with Gasteiger partial charge in [-0.1, -0.05) is 6.07 Å². The molecule has 0 aliphatic rings. The molecule has 0 saturated carbocycles. The molecule has 76 valence electrons. The zero-order chi connectivity index (χ0) is 10.4. The molecule has 4 nitrogen and oxygen atoms in total. The second-order valence-electron chi connectivity index (χ2n) is 3.21. The first kappa shape index (κ1) is 10.7. The van der Waals surface area contributed by atoms with Crippen molar-refractivity contribution in [2.45, 2.75) is 6.54 Å². The average Bonchev–Trinajstić information content (AvgIpc) is 2.19. The zero-order valence-electron chi connectivity index (χ0n) is 8.53. The summed E-state index contributed by atoms with van der Waals surface area (Å²) in [6.07, 6.45) is 1.74. The number of rotatable bonds is 4. The summed E-state index contributed by atoms with van der Waals surface area (Å²) in [6, 6.07) is 5.72. The third-order valence-electron chi connectivity index (χ3n) is 1.81. The number of amides is 1. The lowest BCUT2D eigenvalue weighted by Gasteiger charge is -2.10. The van der Waals surface area contributed by atoms with Crippen LogP contribution in [-0.2, 0) is 11.3 Å². The van der Waals surface area contributed by atoms with Gasteiger partial charge in [0.25, 0.3) is 0 Å². The number of carbonyl (C=O) groups excluding carboxylic acids is 1. The maximum atomic E-state index is 11.2. The predicted octanol–water partition coefficient (Wildman–Crippen LogP) is 0.259. The van der Waals surface area contributed by atoms with Crippen molar-refractivity contribution < 1.29 is 4.79 Å².